The number of likely N-dealkylation sites (N-methyl/N-ethyl adjacent to an activating group) is 1. The van der Waals surface area contributed by atoms with Gasteiger partial charge in [-0.05, 0) is 52.0 Å². The molecule has 0 spiro atoms. The first-order chi connectivity index (χ1) is 8.39. The highest BCUT2D eigenvalue weighted by molar-refractivity contribution is 5.82. The zero-order valence-electron chi connectivity index (χ0n) is 12.3. The zero-order chi connectivity index (χ0) is 13.3. The molecule has 0 aromatic heterocycles. The van der Waals surface area contributed by atoms with Gasteiger partial charge in [-0.15, -0.1) is 0 Å². The maximum Gasteiger partial charge on any atom is 0.239 e. The van der Waals surface area contributed by atoms with Crippen molar-refractivity contribution in [3.05, 3.63) is 0 Å². The van der Waals surface area contributed by atoms with Gasteiger partial charge in [-0.3, -0.25) is 4.79 Å². The molecular formula is C15H28N2O. The zero-order valence-corrected chi connectivity index (χ0v) is 12.3. The summed E-state index contributed by atoms with van der Waals surface area (Å²) >= 11 is 0. The number of carbonyl (C=O) groups is 1. The molecule has 0 radical (unpaired) electrons. The standard InChI is InChI=1S/C15H28N2O/c1-15(2,3)17(4)14(18)13-9-11-7-5-6-8-12(11)10-16-13/h11-13,16H,5-10H2,1-4H3. The molecule has 2 aliphatic rings. The van der Waals surface area contributed by atoms with E-state index >= 15 is 0 Å². The highest BCUT2D eigenvalue weighted by Crippen LogP contribution is 2.35. The molecule has 104 valence electrons. The number of hydrogen-bond acceptors (Lipinski definition) is 2. The van der Waals surface area contributed by atoms with Crippen LogP contribution in [0.2, 0.25) is 0 Å². The van der Waals surface area contributed by atoms with Crippen molar-refractivity contribution in [2.45, 2.75) is 64.5 Å². The predicted molar refractivity (Wildman–Crippen MR) is 74.4 cm³/mol. The SMILES string of the molecule is CN(C(=O)C1CC2CCCCC2CN1)C(C)(C)C. The fraction of sp³-hybridized carbons (Fsp3) is 0.933. The molecule has 1 aliphatic carbocycles. The first kappa shape index (κ1) is 13.9. The molecule has 1 saturated heterocycles. The molecule has 0 bridgehead atoms. The monoisotopic (exact) mass is 252 g/mol. The molecule has 3 heteroatoms. The van der Waals surface area contributed by atoms with Gasteiger partial charge in [0.2, 0.25) is 5.91 Å². The van der Waals surface area contributed by atoms with Crippen molar-refractivity contribution < 1.29 is 4.79 Å². The molecule has 1 saturated carbocycles. The molecule has 1 amide bonds. The second kappa shape index (κ2) is 5.20. The molecule has 3 unspecified atom stereocenters. The van der Waals surface area contributed by atoms with Crippen LogP contribution in [0.5, 0.6) is 0 Å². The van der Waals surface area contributed by atoms with Gasteiger partial charge in [0, 0.05) is 12.6 Å². The average molecular weight is 252 g/mol. The van der Waals surface area contributed by atoms with Gasteiger partial charge in [0.1, 0.15) is 0 Å². The maximum absolute atomic E-state index is 12.5. The van der Waals surface area contributed by atoms with E-state index in [0.29, 0.717) is 0 Å². The van der Waals surface area contributed by atoms with E-state index in [-0.39, 0.29) is 17.5 Å². The van der Waals surface area contributed by atoms with E-state index in [1.807, 2.05) is 11.9 Å². The molecule has 1 heterocycles. The van der Waals surface area contributed by atoms with Crippen molar-refractivity contribution in [3.63, 3.8) is 0 Å². The number of hydrogen-bond donors (Lipinski definition) is 1. The minimum absolute atomic E-state index is 0.0496. The Morgan fingerprint density at radius 3 is 2.39 bits per heavy atom. The fourth-order valence-electron chi connectivity index (χ4n) is 3.30. The summed E-state index contributed by atoms with van der Waals surface area (Å²) in [7, 11) is 1.93. The van der Waals surface area contributed by atoms with E-state index in [2.05, 4.69) is 26.1 Å². The van der Waals surface area contributed by atoms with Gasteiger partial charge >= 0.3 is 0 Å². The highest BCUT2D eigenvalue weighted by Gasteiger charge is 2.37. The maximum atomic E-state index is 12.5. The molecule has 2 rings (SSSR count). The van der Waals surface area contributed by atoms with Crippen molar-refractivity contribution >= 4 is 5.91 Å². The summed E-state index contributed by atoms with van der Waals surface area (Å²) in [6, 6.07) is 0.0496. The number of carbonyl (C=O) groups excluding carboxylic acids is 1. The first-order valence-corrected chi connectivity index (χ1v) is 7.40. The molecule has 0 aromatic rings. The van der Waals surface area contributed by atoms with Gasteiger partial charge in [-0.2, -0.15) is 0 Å². The first-order valence-electron chi connectivity index (χ1n) is 7.40. The van der Waals surface area contributed by atoms with Crippen LogP contribution < -0.4 is 5.32 Å². The lowest BCUT2D eigenvalue weighted by atomic mass is 9.73. The Labute approximate surface area is 111 Å². The summed E-state index contributed by atoms with van der Waals surface area (Å²) in [4.78, 5) is 14.4. The molecule has 0 aromatic carbocycles. The van der Waals surface area contributed by atoms with Gasteiger partial charge < -0.3 is 10.2 Å². The Morgan fingerprint density at radius 2 is 1.78 bits per heavy atom. The van der Waals surface area contributed by atoms with Gasteiger partial charge in [-0.1, -0.05) is 19.3 Å². The van der Waals surface area contributed by atoms with Crippen LogP contribution in [0.1, 0.15) is 52.9 Å². The van der Waals surface area contributed by atoms with E-state index in [9.17, 15) is 4.79 Å². The van der Waals surface area contributed by atoms with Gasteiger partial charge in [0.25, 0.3) is 0 Å². The molecule has 1 N–H and O–H groups in total. The van der Waals surface area contributed by atoms with Gasteiger partial charge in [-0.25, -0.2) is 0 Å². The summed E-state index contributed by atoms with van der Waals surface area (Å²) in [5.41, 5.74) is -0.0812. The van der Waals surface area contributed by atoms with E-state index in [0.717, 1.165) is 24.8 Å². The van der Waals surface area contributed by atoms with E-state index < -0.39 is 0 Å². The Kier molecular flexibility index (Phi) is 4.00. The second-order valence-electron chi connectivity index (χ2n) is 7.07. The quantitative estimate of drug-likeness (QED) is 0.777. The van der Waals surface area contributed by atoms with Crippen LogP contribution >= 0.6 is 0 Å². The average Bonchev–Trinajstić information content (AvgIpc) is 2.35. The number of amides is 1. The van der Waals surface area contributed by atoms with Crippen molar-refractivity contribution in [3.8, 4) is 0 Å². The summed E-state index contributed by atoms with van der Waals surface area (Å²) in [6.45, 7) is 7.32. The number of rotatable bonds is 1. The van der Waals surface area contributed by atoms with Crippen molar-refractivity contribution in [1.29, 1.82) is 0 Å². The van der Waals surface area contributed by atoms with Crippen molar-refractivity contribution in [2.75, 3.05) is 13.6 Å². The summed E-state index contributed by atoms with van der Waals surface area (Å²) < 4.78 is 0. The number of fused-ring (bicyclic) bond motifs is 1. The van der Waals surface area contributed by atoms with Crippen LogP contribution in [0.3, 0.4) is 0 Å². The Bertz CT molecular complexity index is 308. The topological polar surface area (TPSA) is 32.3 Å². The number of nitrogens with zero attached hydrogens (tertiary/aromatic N) is 1. The van der Waals surface area contributed by atoms with Crippen LogP contribution in [-0.2, 0) is 4.79 Å². The van der Waals surface area contributed by atoms with Crippen LogP contribution in [-0.4, -0.2) is 36.0 Å². The fourth-order valence-corrected chi connectivity index (χ4v) is 3.30. The molecule has 1 aliphatic heterocycles. The third-order valence-electron chi connectivity index (χ3n) is 4.87. The third-order valence-corrected chi connectivity index (χ3v) is 4.87. The molecule has 18 heavy (non-hydrogen) atoms. The molecule has 2 fully saturated rings. The van der Waals surface area contributed by atoms with Crippen LogP contribution in [0, 0.1) is 11.8 Å². The summed E-state index contributed by atoms with van der Waals surface area (Å²) in [6.07, 6.45) is 6.47. The molecule has 3 nitrogen and oxygen atoms in total. The van der Waals surface area contributed by atoms with Crippen LogP contribution in [0.15, 0.2) is 0 Å². The van der Waals surface area contributed by atoms with Crippen LogP contribution in [0.4, 0.5) is 0 Å². The lowest BCUT2D eigenvalue weighted by Crippen LogP contribution is -2.56. The van der Waals surface area contributed by atoms with E-state index in [1.165, 1.54) is 25.7 Å². The molecule has 3 atom stereocenters. The normalized spacial score (nSPS) is 32.8. The Hall–Kier alpha value is -0.570. The van der Waals surface area contributed by atoms with E-state index in [1.54, 1.807) is 0 Å². The van der Waals surface area contributed by atoms with E-state index in [4.69, 9.17) is 0 Å². The molecular weight excluding hydrogens is 224 g/mol. The highest BCUT2D eigenvalue weighted by atomic mass is 16.2. The smallest absolute Gasteiger partial charge is 0.239 e. The Balaban J connectivity index is 1.96. The second-order valence-corrected chi connectivity index (χ2v) is 7.07. The number of nitrogens with one attached hydrogen (secondary N) is 1. The Morgan fingerprint density at radius 1 is 1.17 bits per heavy atom. The minimum atomic E-state index is -0.0812. The summed E-state index contributed by atoms with van der Waals surface area (Å²) in [5.74, 6) is 1.87. The predicted octanol–water partition coefficient (Wildman–Crippen LogP) is 2.41. The lowest BCUT2D eigenvalue weighted by molar-refractivity contribution is -0.138. The van der Waals surface area contributed by atoms with Gasteiger partial charge in [0.05, 0.1) is 6.04 Å². The minimum Gasteiger partial charge on any atom is -0.340 e. The van der Waals surface area contributed by atoms with Crippen LogP contribution in [0.25, 0.3) is 0 Å². The lowest BCUT2D eigenvalue weighted by Gasteiger charge is -2.42. The van der Waals surface area contributed by atoms with Crippen molar-refractivity contribution in [2.24, 2.45) is 11.8 Å². The largest absolute Gasteiger partial charge is 0.340 e. The van der Waals surface area contributed by atoms with Crippen molar-refractivity contribution in [1.82, 2.24) is 10.2 Å². The third kappa shape index (κ3) is 2.87. The van der Waals surface area contributed by atoms with Gasteiger partial charge in [0.15, 0.2) is 0 Å². The summed E-state index contributed by atoms with van der Waals surface area (Å²) in [5, 5.41) is 3.48. The number of piperidine rings is 1.